The van der Waals surface area contributed by atoms with Gasteiger partial charge in [0.1, 0.15) is 12.4 Å². The summed E-state index contributed by atoms with van der Waals surface area (Å²) in [5, 5.41) is 6.38. The van der Waals surface area contributed by atoms with Crippen molar-refractivity contribution in [2.45, 2.75) is 18.9 Å². The lowest BCUT2D eigenvalue weighted by Crippen LogP contribution is -2.22. The molecule has 1 atom stereocenters. The summed E-state index contributed by atoms with van der Waals surface area (Å²) in [6.07, 6.45) is 2.31. The fourth-order valence-corrected chi connectivity index (χ4v) is 2.78. The van der Waals surface area contributed by atoms with Crippen molar-refractivity contribution in [3.8, 4) is 5.75 Å². The van der Waals surface area contributed by atoms with Crippen molar-refractivity contribution in [1.29, 1.82) is 0 Å². The van der Waals surface area contributed by atoms with Crippen LogP contribution in [0, 0.1) is 0 Å². The van der Waals surface area contributed by atoms with E-state index in [1.807, 2.05) is 36.4 Å². The first-order valence-corrected chi connectivity index (χ1v) is 8.71. The Kier molecular flexibility index (Phi) is 6.14. The van der Waals surface area contributed by atoms with E-state index in [2.05, 4.69) is 10.6 Å². The molecule has 1 amide bonds. The van der Waals surface area contributed by atoms with E-state index < -0.39 is 0 Å². The highest BCUT2D eigenvalue weighted by Gasteiger charge is 2.16. The first-order valence-electron chi connectivity index (χ1n) is 8.33. The molecular formula is C19H21ClN2O3. The van der Waals surface area contributed by atoms with Gasteiger partial charge in [0.05, 0.1) is 23.4 Å². The van der Waals surface area contributed by atoms with Crippen molar-refractivity contribution < 1.29 is 14.3 Å². The summed E-state index contributed by atoms with van der Waals surface area (Å²) in [5.74, 6) is 0.589. The number of halogens is 1. The number of amides is 1. The fraction of sp³-hybridized carbons (Fsp3) is 0.316. The van der Waals surface area contributed by atoms with Crippen LogP contribution < -0.4 is 15.4 Å². The summed E-state index contributed by atoms with van der Waals surface area (Å²) in [6, 6.07) is 14.7. The van der Waals surface area contributed by atoms with Gasteiger partial charge < -0.3 is 20.1 Å². The highest BCUT2D eigenvalue weighted by molar-refractivity contribution is 6.33. The summed E-state index contributed by atoms with van der Waals surface area (Å²) in [6.45, 7) is 1.51. The van der Waals surface area contributed by atoms with Gasteiger partial charge in [0.25, 0.3) is 0 Å². The Balaban J connectivity index is 1.48. The van der Waals surface area contributed by atoms with Crippen LogP contribution in [0.5, 0.6) is 5.75 Å². The molecule has 2 aromatic carbocycles. The monoisotopic (exact) mass is 360 g/mol. The molecule has 1 aliphatic rings. The van der Waals surface area contributed by atoms with Gasteiger partial charge in [-0.05, 0) is 37.1 Å². The predicted molar refractivity (Wildman–Crippen MR) is 99.5 cm³/mol. The minimum absolute atomic E-state index is 0.139. The second kappa shape index (κ2) is 8.74. The second-order valence-corrected chi connectivity index (χ2v) is 6.26. The number of nitrogens with one attached hydrogen (secondary N) is 2. The molecule has 1 unspecified atom stereocenters. The van der Waals surface area contributed by atoms with Gasteiger partial charge in [-0.1, -0.05) is 29.8 Å². The number of carbonyl (C=O) groups is 1. The van der Waals surface area contributed by atoms with Crippen LogP contribution in [0.4, 0.5) is 11.4 Å². The van der Waals surface area contributed by atoms with Gasteiger partial charge in [0, 0.05) is 18.4 Å². The van der Waals surface area contributed by atoms with Gasteiger partial charge in [-0.25, -0.2) is 0 Å². The van der Waals surface area contributed by atoms with Crippen LogP contribution in [0.1, 0.15) is 12.8 Å². The Labute approximate surface area is 152 Å². The predicted octanol–water partition coefficient (Wildman–Crippen LogP) is 3.95. The number of hydrogen-bond acceptors (Lipinski definition) is 4. The van der Waals surface area contributed by atoms with Crippen molar-refractivity contribution in [2.75, 3.05) is 30.4 Å². The van der Waals surface area contributed by atoms with E-state index in [4.69, 9.17) is 21.1 Å². The largest absolute Gasteiger partial charge is 0.491 e. The average molecular weight is 361 g/mol. The average Bonchev–Trinajstić information content (AvgIpc) is 3.14. The first-order chi connectivity index (χ1) is 12.2. The number of anilines is 2. The minimum atomic E-state index is -0.168. The molecule has 1 heterocycles. The zero-order chi connectivity index (χ0) is 17.5. The number of para-hydroxylation sites is 1. The lowest BCUT2D eigenvalue weighted by Gasteiger charge is -2.13. The fourth-order valence-electron chi connectivity index (χ4n) is 2.60. The number of carbonyl (C=O) groups excluding carboxylic acids is 1. The van der Waals surface area contributed by atoms with E-state index in [1.165, 1.54) is 0 Å². The van der Waals surface area contributed by atoms with E-state index in [-0.39, 0.29) is 18.6 Å². The summed E-state index contributed by atoms with van der Waals surface area (Å²) in [4.78, 5) is 12.0. The zero-order valence-corrected chi connectivity index (χ0v) is 14.6. The molecule has 5 nitrogen and oxygen atoms in total. The summed E-state index contributed by atoms with van der Waals surface area (Å²) in [7, 11) is 0. The molecule has 1 aliphatic heterocycles. The normalized spacial score (nSPS) is 16.4. The quantitative estimate of drug-likeness (QED) is 0.785. The SMILES string of the molecule is O=C(CNc1cccc(OCC2CCCO2)c1)Nc1ccccc1Cl. The summed E-state index contributed by atoms with van der Waals surface area (Å²) >= 11 is 6.03. The molecule has 2 aromatic rings. The molecule has 6 heteroatoms. The molecule has 25 heavy (non-hydrogen) atoms. The molecule has 0 radical (unpaired) electrons. The van der Waals surface area contributed by atoms with Crippen LogP contribution >= 0.6 is 11.6 Å². The maximum atomic E-state index is 12.0. The van der Waals surface area contributed by atoms with Gasteiger partial charge >= 0.3 is 0 Å². The van der Waals surface area contributed by atoms with Gasteiger partial charge in [-0.2, -0.15) is 0 Å². The number of rotatable bonds is 7. The van der Waals surface area contributed by atoms with E-state index in [1.54, 1.807) is 12.1 Å². The summed E-state index contributed by atoms with van der Waals surface area (Å²) < 4.78 is 11.3. The Morgan fingerprint density at radius 2 is 2.12 bits per heavy atom. The van der Waals surface area contributed by atoms with E-state index in [0.29, 0.717) is 17.3 Å². The third kappa shape index (κ3) is 5.37. The van der Waals surface area contributed by atoms with Crippen molar-refractivity contribution in [1.82, 2.24) is 0 Å². The molecule has 0 bridgehead atoms. The van der Waals surface area contributed by atoms with Crippen LogP contribution in [0.2, 0.25) is 5.02 Å². The highest BCUT2D eigenvalue weighted by Crippen LogP contribution is 2.21. The molecule has 3 rings (SSSR count). The van der Waals surface area contributed by atoms with E-state index in [9.17, 15) is 4.79 Å². The number of hydrogen-bond donors (Lipinski definition) is 2. The van der Waals surface area contributed by atoms with Crippen LogP contribution in [-0.4, -0.2) is 31.8 Å². The lowest BCUT2D eigenvalue weighted by molar-refractivity contribution is -0.114. The Morgan fingerprint density at radius 3 is 2.92 bits per heavy atom. The van der Waals surface area contributed by atoms with Crippen LogP contribution in [-0.2, 0) is 9.53 Å². The molecular weight excluding hydrogens is 340 g/mol. The van der Waals surface area contributed by atoms with Crippen molar-refractivity contribution >= 4 is 28.9 Å². The van der Waals surface area contributed by atoms with Gasteiger partial charge in [0.15, 0.2) is 0 Å². The Morgan fingerprint density at radius 1 is 1.24 bits per heavy atom. The first kappa shape index (κ1) is 17.6. The maximum Gasteiger partial charge on any atom is 0.243 e. The molecule has 0 spiro atoms. The number of benzene rings is 2. The zero-order valence-electron chi connectivity index (χ0n) is 13.8. The second-order valence-electron chi connectivity index (χ2n) is 5.86. The van der Waals surface area contributed by atoms with Crippen molar-refractivity contribution in [3.63, 3.8) is 0 Å². The van der Waals surface area contributed by atoms with Crippen molar-refractivity contribution in [2.24, 2.45) is 0 Å². The minimum Gasteiger partial charge on any atom is -0.491 e. The van der Waals surface area contributed by atoms with Crippen LogP contribution in [0.15, 0.2) is 48.5 Å². The van der Waals surface area contributed by atoms with Gasteiger partial charge in [0.2, 0.25) is 5.91 Å². The molecule has 0 saturated carbocycles. The third-order valence-corrected chi connectivity index (χ3v) is 4.22. The molecule has 1 fully saturated rings. The molecule has 1 saturated heterocycles. The lowest BCUT2D eigenvalue weighted by atomic mass is 10.2. The number of ether oxygens (including phenoxy) is 2. The molecule has 132 valence electrons. The smallest absolute Gasteiger partial charge is 0.243 e. The standard InChI is InChI=1S/C19H21ClN2O3/c20-17-8-1-2-9-18(17)22-19(23)12-21-14-5-3-6-15(11-14)25-13-16-7-4-10-24-16/h1-3,5-6,8-9,11,16,21H,4,7,10,12-13H2,(H,22,23). The van der Waals surface area contributed by atoms with Crippen molar-refractivity contribution in [3.05, 3.63) is 53.6 Å². The third-order valence-electron chi connectivity index (χ3n) is 3.89. The topological polar surface area (TPSA) is 59.6 Å². The van der Waals surface area contributed by atoms with Gasteiger partial charge in [-0.15, -0.1) is 0 Å². The van der Waals surface area contributed by atoms with E-state index in [0.717, 1.165) is 30.9 Å². The summed E-state index contributed by atoms with van der Waals surface area (Å²) in [5.41, 5.74) is 1.42. The van der Waals surface area contributed by atoms with E-state index >= 15 is 0 Å². The van der Waals surface area contributed by atoms with Crippen LogP contribution in [0.3, 0.4) is 0 Å². The maximum absolute atomic E-state index is 12.0. The van der Waals surface area contributed by atoms with Gasteiger partial charge in [-0.3, -0.25) is 4.79 Å². The van der Waals surface area contributed by atoms with Crippen LogP contribution in [0.25, 0.3) is 0 Å². The Bertz CT molecular complexity index is 717. The molecule has 2 N–H and O–H groups in total. The Hall–Kier alpha value is -2.24. The highest BCUT2D eigenvalue weighted by atomic mass is 35.5. The molecule has 0 aliphatic carbocycles. The molecule has 0 aromatic heterocycles.